The van der Waals surface area contributed by atoms with Gasteiger partial charge in [0, 0.05) is 20.1 Å². The Labute approximate surface area is 111 Å². The van der Waals surface area contributed by atoms with E-state index in [1.54, 1.807) is 19.2 Å². The van der Waals surface area contributed by atoms with E-state index < -0.39 is 11.2 Å². The van der Waals surface area contributed by atoms with Gasteiger partial charge in [0.25, 0.3) is 0 Å². The molecule has 1 atom stereocenters. The van der Waals surface area contributed by atoms with Crippen molar-refractivity contribution < 1.29 is 9.18 Å². The van der Waals surface area contributed by atoms with Crippen LogP contribution in [0.25, 0.3) is 0 Å². The Morgan fingerprint density at radius 1 is 1.58 bits per heavy atom. The van der Waals surface area contributed by atoms with Crippen LogP contribution < -0.4 is 10.2 Å². The predicted molar refractivity (Wildman–Crippen MR) is 70.1 cm³/mol. The first-order valence-corrected chi connectivity index (χ1v) is 6.17. The van der Waals surface area contributed by atoms with E-state index in [0.29, 0.717) is 30.8 Å². The van der Waals surface area contributed by atoms with Crippen LogP contribution in [0.15, 0.2) is 18.2 Å². The maximum absolute atomic E-state index is 13.9. The zero-order valence-electron chi connectivity index (χ0n) is 11.0. The molecule has 1 aromatic carbocycles. The maximum atomic E-state index is 13.9. The Balaban J connectivity index is 2.22. The summed E-state index contributed by atoms with van der Waals surface area (Å²) in [6, 6.07) is 6.33. The van der Waals surface area contributed by atoms with E-state index in [4.69, 9.17) is 5.26 Å². The summed E-state index contributed by atoms with van der Waals surface area (Å²) >= 11 is 0. The van der Waals surface area contributed by atoms with E-state index in [1.807, 2.05) is 17.9 Å². The molecule has 1 aliphatic rings. The van der Waals surface area contributed by atoms with Gasteiger partial charge in [-0.1, -0.05) is 0 Å². The van der Waals surface area contributed by atoms with Crippen LogP contribution in [0.4, 0.5) is 10.1 Å². The largest absolute Gasteiger partial charge is 0.368 e. The molecule has 1 fully saturated rings. The second-order valence-electron chi connectivity index (χ2n) is 5.09. The molecular formula is C14H16FN3O. The molecule has 0 saturated carbocycles. The summed E-state index contributed by atoms with van der Waals surface area (Å²) in [5.74, 6) is -0.441. The zero-order chi connectivity index (χ0) is 14.0. The fourth-order valence-corrected chi connectivity index (χ4v) is 2.49. The predicted octanol–water partition coefficient (Wildman–Crippen LogP) is 1.66. The van der Waals surface area contributed by atoms with Crippen molar-refractivity contribution in [1.29, 1.82) is 5.26 Å². The Morgan fingerprint density at radius 2 is 2.32 bits per heavy atom. The molecule has 100 valence electrons. The van der Waals surface area contributed by atoms with Gasteiger partial charge in [0.1, 0.15) is 5.82 Å². The summed E-state index contributed by atoms with van der Waals surface area (Å²) in [6.07, 6.45) is 0.687. The highest BCUT2D eigenvalue weighted by molar-refractivity contribution is 5.83. The Bertz CT molecular complexity index is 552. The third-order valence-corrected chi connectivity index (χ3v) is 3.67. The zero-order valence-corrected chi connectivity index (χ0v) is 11.0. The monoisotopic (exact) mass is 261 g/mol. The molecule has 0 aliphatic carbocycles. The van der Waals surface area contributed by atoms with Crippen LogP contribution in [0.5, 0.6) is 0 Å². The SMILES string of the molecule is CNC(=O)C1(C)CCN(c2ccc(C#N)cc2F)C1. The molecule has 0 bridgehead atoms. The first kappa shape index (κ1) is 13.3. The van der Waals surface area contributed by atoms with E-state index in [1.165, 1.54) is 6.07 Å². The fraction of sp³-hybridized carbons (Fsp3) is 0.429. The van der Waals surface area contributed by atoms with E-state index in [2.05, 4.69) is 5.32 Å². The highest BCUT2D eigenvalue weighted by Crippen LogP contribution is 2.34. The highest BCUT2D eigenvalue weighted by Gasteiger charge is 2.40. The van der Waals surface area contributed by atoms with Crippen LogP contribution in [0, 0.1) is 22.6 Å². The lowest BCUT2D eigenvalue weighted by Gasteiger charge is -2.24. The molecule has 4 nitrogen and oxygen atoms in total. The molecule has 1 N–H and O–H groups in total. The van der Waals surface area contributed by atoms with Gasteiger partial charge in [-0.2, -0.15) is 5.26 Å². The summed E-state index contributed by atoms with van der Waals surface area (Å²) in [5.41, 5.74) is 0.260. The number of nitrogens with one attached hydrogen (secondary N) is 1. The van der Waals surface area contributed by atoms with Crippen molar-refractivity contribution in [3.63, 3.8) is 0 Å². The summed E-state index contributed by atoms with van der Waals surface area (Å²) < 4.78 is 13.9. The summed E-state index contributed by atoms with van der Waals surface area (Å²) in [4.78, 5) is 13.7. The quantitative estimate of drug-likeness (QED) is 0.881. The lowest BCUT2D eigenvalue weighted by Crippen LogP contribution is -2.39. The third kappa shape index (κ3) is 2.39. The number of anilines is 1. The number of hydrogen-bond donors (Lipinski definition) is 1. The van der Waals surface area contributed by atoms with Crippen molar-refractivity contribution in [2.75, 3.05) is 25.0 Å². The number of carbonyl (C=O) groups is 1. The minimum absolute atomic E-state index is 0.0240. The van der Waals surface area contributed by atoms with Crippen LogP contribution in [0.2, 0.25) is 0 Å². The van der Waals surface area contributed by atoms with Crippen LogP contribution in [0.3, 0.4) is 0 Å². The van der Waals surface area contributed by atoms with Crippen LogP contribution >= 0.6 is 0 Å². The Kier molecular flexibility index (Phi) is 3.43. The number of rotatable bonds is 2. The van der Waals surface area contributed by atoms with Crippen LogP contribution in [0.1, 0.15) is 18.9 Å². The van der Waals surface area contributed by atoms with E-state index >= 15 is 0 Å². The third-order valence-electron chi connectivity index (χ3n) is 3.67. The van der Waals surface area contributed by atoms with Gasteiger partial charge >= 0.3 is 0 Å². The van der Waals surface area contributed by atoms with Crippen LogP contribution in [-0.4, -0.2) is 26.0 Å². The van der Waals surface area contributed by atoms with Gasteiger partial charge < -0.3 is 10.2 Å². The maximum Gasteiger partial charge on any atom is 0.227 e. The Hall–Kier alpha value is -2.09. The topological polar surface area (TPSA) is 56.1 Å². The molecule has 5 heteroatoms. The summed E-state index contributed by atoms with van der Waals surface area (Å²) in [7, 11) is 1.61. The van der Waals surface area contributed by atoms with Gasteiger partial charge in [0.2, 0.25) is 5.91 Å². The molecule has 1 unspecified atom stereocenters. The lowest BCUT2D eigenvalue weighted by molar-refractivity contribution is -0.128. The normalized spacial score (nSPS) is 22.1. The molecule has 19 heavy (non-hydrogen) atoms. The molecule has 0 radical (unpaired) electrons. The van der Waals surface area contributed by atoms with Crippen molar-refractivity contribution in [3.8, 4) is 6.07 Å². The van der Waals surface area contributed by atoms with E-state index in [0.717, 1.165) is 0 Å². The number of benzene rings is 1. The van der Waals surface area contributed by atoms with E-state index in [9.17, 15) is 9.18 Å². The van der Waals surface area contributed by atoms with E-state index in [-0.39, 0.29) is 5.91 Å². The summed E-state index contributed by atoms with van der Waals surface area (Å²) in [6.45, 7) is 3.00. The molecule has 1 saturated heterocycles. The van der Waals surface area contributed by atoms with Crippen molar-refractivity contribution in [1.82, 2.24) is 5.32 Å². The highest BCUT2D eigenvalue weighted by atomic mass is 19.1. The van der Waals surface area contributed by atoms with Crippen molar-refractivity contribution >= 4 is 11.6 Å². The molecular weight excluding hydrogens is 245 g/mol. The van der Waals surface area contributed by atoms with Gasteiger partial charge in [-0.05, 0) is 31.5 Å². The molecule has 2 rings (SSSR count). The van der Waals surface area contributed by atoms with Gasteiger partial charge in [0.05, 0.1) is 22.7 Å². The molecule has 1 amide bonds. The molecule has 1 aromatic rings. The number of amides is 1. The van der Waals surface area contributed by atoms with Gasteiger partial charge in [-0.3, -0.25) is 4.79 Å². The Morgan fingerprint density at radius 3 is 2.89 bits per heavy atom. The first-order valence-electron chi connectivity index (χ1n) is 6.17. The minimum Gasteiger partial charge on any atom is -0.368 e. The molecule has 0 aromatic heterocycles. The number of nitrogens with zero attached hydrogens (tertiary/aromatic N) is 2. The molecule has 1 heterocycles. The average Bonchev–Trinajstić information content (AvgIpc) is 2.81. The van der Waals surface area contributed by atoms with Crippen LogP contribution in [-0.2, 0) is 4.79 Å². The smallest absolute Gasteiger partial charge is 0.227 e. The van der Waals surface area contributed by atoms with Crippen molar-refractivity contribution in [2.45, 2.75) is 13.3 Å². The van der Waals surface area contributed by atoms with Crippen molar-refractivity contribution in [2.24, 2.45) is 5.41 Å². The van der Waals surface area contributed by atoms with Gasteiger partial charge in [-0.15, -0.1) is 0 Å². The number of halogens is 1. The fourth-order valence-electron chi connectivity index (χ4n) is 2.49. The van der Waals surface area contributed by atoms with Gasteiger partial charge in [-0.25, -0.2) is 4.39 Å². The first-order chi connectivity index (χ1) is 9.00. The summed E-state index contributed by atoms with van der Waals surface area (Å²) in [5, 5.41) is 11.4. The number of carbonyl (C=O) groups excluding carboxylic acids is 1. The minimum atomic E-state index is -0.491. The average molecular weight is 261 g/mol. The number of nitriles is 1. The lowest BCUT2D eigenvalue weighted by atomic mass is 9.89. The second kappa shape index (κ2) is 4.88. The second-order valence-corrected chi connectivity index (χ2v) is 5.09. The van der Waals surface area contributed by atoms with Gasteiger partial charge in [0.15, 0.2) is 0 Å². The molecule has 0 spiro atoms. The number of hydrogen-bond acceptors (Lipinski definition) is 3. The van der Waals surface area contributed by atoms with Crippen molar-refractivity contribution in [3.05, 3.63) is 29.6 Å². The molecule has 1 aliphatic heterocycles. The standard InChI is InChI=1S/C14H16FN3O/c1-14(13(19)17-2)5-6-18(9-14)12-4-3-10(8-16)7-11(12)15/h3-4,7H,5-6,9H2,1-2H3,(H,17,19).